The van der Waals surface area contributed by atoms with Gasteiger partial charge in [-0.25, -0.2) is 0 Å². The molecule has 0 aliphatic rings. The van der Waals surface area contributed by atoms with E-state index in [0.717, 1.165) is 34.4 Å². The molecule has 2 rings (SSSR count). The largest absolute Gasteiger partial charge is 0.309 e. The molecule has 1 aromatic heterocycles. The summed E-state index contributed by atoms with van der Waals surface area (Å²) in [6.45, 7) is 3.16. The maximum atomic E-state index is 6.28. The van der Waals surface area contributed by atoms with Gasteiger partial charge in [-0.1, -0.05) is 36.2 Å². The van der Waals surface area contributed by atoms with Crippen LogP contribution in [0.4, 0.5) is 0 Å². The zero-order valence-electron chi connectivity index (χ0n) is 11.1. The van der Waals surface area contributed by atoms with Crippen LogP contribution >= 0.6 is 50.5 Å². The molecule has 0 saturated heterocycles. The Bertz CT molecular complexity index is 571. The molecule has 1 heterocycles. The summed E-state index contributed by atoms with van der Waals surface area (Å²) in [4.78, 5) is 1.32. The van der Waals surface area contributed by atoms with E-state index in [2.05, 4.69) is 39.6 Å². The SMILES string of the molecule is CCCNC(Cc1ccc(Cl)cc1Cl)c1cc(Br)cs1. The first-order valence-corrected chi connectivity index (χ1v) is 8.94. The van der Waals surface area contributed by atoms with Gasteiger partial charge in [0.1, 0.15) is 0 Å². The maximum Gasteiger partial charge on any atom is 0.0456 e. The van der Waals surface area contributed by atoms with Crippen LogP contribution < -0.4 is 5.32 Å². The fourth-order valence-electron chi connectivity index (χ4n) is 2.01. The van der Waals surface area contributed by atoms with Crippen molar-refractivity contribution in [3.8, 4) is 0 Å². The van der Waals surface area contributed by atoms with Crippen LogP contribution in [0.1, 0.15) is 29.8 Å². The molecule has 0 saturated carbocycles. The Hall–Kier alpha value is -0.0600. The van der Waals surface area contributed by atoms with Crippen molar-refractivity contribution in [1.82, 2.24) is 5.32 Å². The third kappa shape index (κ3) is 4.47. The number of rotatable bonds is 6. The number of halogens is 3. The summed E-state index contributed by atoms with van der Waals surface area (Å²) < 4.78 is 1.13. The number of hydrogen-bond acceptors (Lipinski definition) is 2. The van der Waals surface area contributed by atoms with Gasteiger partial charge in [0, 0.05) is 30.8 Å². The summed E-state index contributed by atoms with van der Waals surface area (Å²) in [5.74, 6) is 0. The summed E-state index contributed by atoms with van der Waals surface area (Å²) >= 11 is 17.5. The molecular weight excluding hydrogens is 377 g/mol. The molecule has 0 spiro atoms. The lowest BCUT2D eigenvalue weighted by Gasteiger charge is -2.18. The molecule has 0 bridgehead atoms. The first kappa shape index (κ1) is 16.3. The van der Waals surface area contributed by atoms with Crippen molar-refractivity contribution >= 4 is 50.5 Å². The second-order valence-corrected chi connectivity index (χ2v) is 7.32. The minimum absolute atomic E-state index is 0.282. The Morgan fingerprint density at radius 1 is 1.30 bits per heavy atom. The van der Waals surface area contributed by atoms with E-state index < -0.39 is 0 Å². The molecule has 1 N–H and O–H groups in total. The van der Waals surface area contributed by atoms with Gasteiger partial charge in [0.25, 0.3) is 0 Å². The zero-order valence-corrected chi connectivity index (χ0v) is 15.0. The third-order valence-electron chi connectivity index (χ3n) is 3.01. The maximum absolute atomic E-state index is 6.28. The van der Waals surface area contributed by atoms with E-state index in [1.54, 1.807) is 17.4 Å². The fraction of sp³-hybridized carbons (Fsp3) is 0.333. The Labute approximate surface area is 142 Å². The van der Waals surface area contributed by atoms with Crippen LogP contribution in [0.5, 0.6) is 0 Å². The number of nitrogens with one attached hydrogen (secondary N) is 1. The van der Waals surface area contributed by atoms with E-state index in [1.807, 2.05) is 12.1 Å². The van der Waals surface area contributed by atoms with Gasteiger partial charge in [-0.15, -0.1) is 11.3 Å². The molecule has 1 aromatic carbocycles. The summed E-state index contributed by atoms with van der Waals surface area (Å²) in [5, 5.41) is 7.11. The van der Waals surface area contributed by atoms with Crippen LogP contribution in [-0.2, 0) is 6.42 Å². The Morgan fingerprint density at radius 2 is 2.10 bits per heavy atom. The van der Waals surface area contributed by atoms with Crippen molar-refractivity contribution in [2.75, 3.05) is 6.54 Å². The average molecular weight is 393 g/mol. The van der Waals surface area contributed by atoms with Gasteiger partial charge in [-0.2, -0.15) is 0 Å². The molecule has 1 nitrogen and oxygen atoms in total. The van der Waals surface area contributed by atoms with Crippen LogP contribution in [0, 0.1) is 0 Å². The van der Waals surface area contributed by atoms with Crippen molar-refractivity contribution in [2.24, 2.45) is 0 Å². The van der Waals surface area contributed by atoms with Gasteiger partial charge in [0.05, 0.1) is 0 Å². The normalized spacial score (nSPS) is 12.6. The summed E-state index contributed by atoms with van der Waals surface area (Å²) in [6, 6.07) is 8.16. The molecule has 0 aliphatic heterocycles. The molecule has 5 heteroatoms. The van der Waals surface area contributed by atoms with Crippen molar-refractivity contribution in [3.63, 3.8) is 0 Å². The quantitative estimate of drug-likeness (QED) is 0.625. The molecule has 0 radical (unpaired) electrons. The van der Waals surface area contributed by atoms with Crippen LogP contribution in [0.25, 0.3) is 0 Å². The monoisotopic (exact) mass is 391 g/mol. The molecule has 20 heavy (non-hydrogen) atoms. The fourth-order valence-corrected chi connectivity index (χ4v) is 4.02. The molecule has 1 unspecified atom stereocenters. The highest BCUT2D eigenvalue weighted by Crippen LogP contribution is 2.30. The Morgan fingerprint density at radius 3 is 2.70 bits per heavy atom. The third-order valence-corrected chi connectivity index (χ3v) is 5.41. The van der Waals surface area contributed by atoms with E-state index >= 15 is 0 Å². The van der Waals surface area contributed by atoms with Crippen molar-refractivity contribution in [2.45, 2.75) is 25.8 Å². The second kappa shape index (κ2) is 7.81. The molecule has 0 aliphatic carbocycles. The number of thiophene rings is 1. The predicted molar refractivity (Wildman–Crippen MR) is 93.2 cm³/mol. The molecule has 1 atom stereocenters. The topological polar surface area (TPSA) is 12.0 Å². The van der Waals surface area contributed by atoms with E-state index in [0.29, 0.717) is 5.02 Å². The van der Waals surface area contributed by atoms with Gasteiger partial charge in [0.2, 0.25) is 0 Å². The van der Waals surface area contributed by atoms with Crippen molar-refractivity contribution in [1.29, 1.82) is 0 Å². The number of benzene rings is 1. The van der Waals surface area contributed by atoms with E-state index in [9.17, 15) is 0 Å². The van der Waals surface area contributed by atoms with E-state index in [4.69, 9.17) is 23.2 Å². The van der Waals surface area contributed by atoms with Gasteiger partial charge >= 0.3 is 0 Å². The van der Waals surface area contributed by atoms with Crippen molar-refractivity contribution < 1.29 is 0 Å². The Balaban J connectivity index is 2.18. The standard InChI is InChI=1S/C15H16BrCl2NS/c1-2-5-19-14(15-7-11(16)9-20-15)6-10-3-4-12(17)8-13(10)18/h3-4,7-9,14,19H,2,5-6H2,1H3. The molecular formula is C15H16BrCl2NS. The van der Waals surface area contributed by atoms with Gasteiger partial charge in [0.15, 0.2) is 0 Å². The average Bonchev–Trinajstić information content (AvgIpc) is 2.83. The second-order valence-electron chi connectivity index (χ2n) is 4.61. The van der Waals surface area contributed by atoms with Gasteiger partial charge < -0.3 is 5.32 Å². The lowest BCUT2D eigenvalue weighted by atomic mass is 10.0. The predicted octanol–water partition coefficient (Wildman–Crippen LogP) is 6.10. The highest BCUT2D eigenvalue weighted by Gasteiger charge is 2.15. The first-order valence-electron chi connectivity index (χ1n) is 6.51. The smallest absolute Gasteiger partial charge is 0.0456 e. The number of hydrogen-bond donors (Lipinski definition) is 1. The summed E-state index contributed by atoms with van der Waals surface area (Å²) in [6.07, 6.45) is 1.97. The minimum Gasteiger partial charge on any atom is -0.309 e. The zero-order chi connectivity index (χ0) is 14.5. The van der Waals surface area contributed by atoms with Crippen LogP contribution in [-0.4, -0.2) is 6.54 Å². The molecule has 108 valence electrons. The summed E-state index contributed by atoms with van der Waals surface area (Å²) in [5.41, 5.74) is 1.12. The van der Waals surface area contributed by atoms with E-state index in [-0.39, 0.29) is 6.04 Å². The minimum atomic E-state index is 0.282. The van der Waals surface area contributed by atoms with Gasteiger partial charge in [-0.05, 0) is 59.1 Å². The lowest BCUT2D eigenvalue weighted by Crippen LogP contribution is -2.23. The highest BCUT2D eigenvalue weighted by molar-refractivity contribution is 9.10. The first-order chi connectivity index (χ1) is 9.60. The van der Waals surface area contributed by atoms with E-state index in [1.165, 1.54) is 4.88 Å². The van der Waals surface area contributed by atoms with Crippen molar-refractivity contribution in [3.05, 3.63) is 54.6 Å². The molecule has 0 amide bonds. The molecule has 0 fully saturated rings. The molecule has 2 aromatic rings. The van der Waals surface area contributed by atoms with Crippen LogP contribution in [0.15, 0.2) is 34.1 Å². The van der Waals surface area contributed by atoms with Gasteiger partial charge in [-0.3, -0.25) is 0 Å². The summed E-state index contributed by atoms with van der Waals surface area (Å²) in [7, 11) is 0. The van der Waals surface area contributed by atoms with Crippen LogP contribution in [0.3, 0.4) is 0 Å². The Kier molecular flexibility index (Phi) is 6.37. The lowest BCUT2D eigenvalue weighted by molar-refractivity contribution is 0.536. The highest BCUT2D eigenvalue weighted by atomic mass is 79.9. The van der Waals surface area contributed by atoms with Crippen LogP contribution in [0.2, 0.25) is 10.0 Å².